The maximum Gasteiger partial charge on any atom is 0.221 e. The predicted octanol–water partition coefficient (Wildman–Crippen LogP) is 4.89. The molecule has 3 unspecified atom stereocenters. The second-order valence-corrected chi connectivity index (χ2v) is 12.8. The van der Waals surface area contributed by atoms with Crippen LogP contribution in [0, 0.1) is 11.7 Å². The number of rotatable bonds is 5. The molecule has 8 heteroatoms. The van der Waals surface area contributed by atoms with Gasteiger partial charge in [-0.15, -0.1) is 0 Å². The van der Waals surface area contributed by atoms with Crippen molar-refractivity contribution in [2.75, 3.05) is 31.1 Å². The molecule has 6 nitrogen and oxygen atoms in total. The lowest BCUT2D eigenvalue weighted by Gasteiger charge is -2.40. The van der Waals surface area contributed by atoms with Gasteiger partial charge in [0.15, 0.2) is 5.78 Å². The first kappa shape index (κ1) is 25.9. The van der Waals surface area contributed by atoms with Gasteiger partial charge in [0, 0.05) is 68.2 Å². The standard InChI is InChI=1S/C29H36FN3O3S/c1-21-16-26(18-27(34)17-21)32-14-12-31(13-15-32)25-10-9-24(28(30)19-25)20-33-22(2)8-11-29(37(33,35)36)23-6-4-3-5-7-23/h3-7,9-10,18-19,21-22,29H,8,11-17,20H2,1-2H3. The summed E-state index contributed by atoms with van der Waals surface area (Å²) >= 11 is 0. The van der Waals surface area contributed by atoms with E-state index < -0.39 is 15.3 Å². The molecule has 0 radical (unpaired) electrons. The van der Waals surface area contributed by atoms with Crippen LogP contribution in [0.4, 0.5) is 10.1 Å². The van der Waals surface area contributed by atoms with Gasteiger partial charge < -0.3 is 9.80 Å². The summed E-state index contributed by atoms with van der Waals surface area (Å²) in [7, 11) is -3.62. The fourth-order valence-corrected chi connectivity index (χ4v) is 8.12. The van der Waals surface area contributed by atoms with Crippen LogP contribution in [-0.2, 0) is 21.4 Å². The van der Waals surface area contributed by atoms with Crippen molar-refractivity contribution in [2.45, 2.75) is 57.4 Å². The van der Waals surface area contributed by atoms with Crippen LogP contribution >= 0.6 is 0 Å². The number of carbonyl (C=O) groups excluding carboxylic acids is 1. The van der Waals surface area contributed by atoms with Gasteiger partial charge in [0.1, 0.15) is 11.1 Å². The fourth-order valence-electron chi connectivity index (χ4n) is 5.93. The van der Waals surface area contributed by atoms with Crippen LogP contribution in [0.3, 0.4) is 0 Å². The molecular formula is C29H36FN3O3S. The lowest BCUT2D eigenvalue weighted by Crippen LogP contribution is -2.46. The quantitative estimate of drug-likeness (QED) is 0.557. The first-order valence-electron chi connectivity index (χ1n) is 13.3. The van der Waals surface area contributed by atoms with Gasteiger partial charge in [0.25, 0.3) is 0 Å². The van der Waals surface area contributed by atoms with Crippen molar-refractivity contribution in [1.29, 1.82) is 0 Å². The van der Waals surface area contributed by atoms with Crippen LogP contribution in [0.25, 0.3) is 0 Å². The number of piperazine rings is 1. The molecule has 0 amide bonds. The first-order valence-corrected chi connectivity index (χ1v) is 14.8. The number of carbonyl (C=O) groups is 1. The molecular weight excluding hydrogens is 489 g/mol. The van der Waals surface area contributed by atoms with Gasteiger partial charge in [-0.05, 0) is 49.8 Å². The van der Waals surface area contributed by atoms with Gasteiger partial charge in [-0.2, -0.15) is 4.31 Å². The van der Waals surface area contributed by atoms with Crippen LogP contribution in [0.15, 0.2) is 60.3 Å². The number of hydrogen-bond donors (Lipinski definition) is 0. The minimum Gasteiger partial charge on any atom is -0.371 e. The number of benzene rings is 2. The SMILES string of the molecule is CC1CC(=O)C=C(N2CCN(c3ccc(CN4C(C)CCC(c5ccccc5)S4(=O)=O)c(F)c3)CC2)C1. The van der Waals surface area contributed by atoms with Crippen LogP contribution in [0.1, 0.15) is 55.9 Å². The maximum atomic E-state index is 15.3. The summed E-state index contributed by atoms with van der Waals surface area (Å²) in [4.78, 5) is 16.4. The van der Waals surface area contributed by atoms with E-state index in [0.29, 0.717) is 24.3 Å². The summed E-state index contributed by atoms with van der Waals surface area (Å²) in [6.07, 6.45) is 4.66. The number of ketones is 1. The molecule has 0 bridgehead atoms. The van der Waals surface area contributed by atoms with Gasteiger partial charge in [0.2, 0.25) is 10.0 Å². The number of hydrogen-bond acceptors (Lipinski definition) is 5. The molecule has 5 rings (SSSR count). The van der Waals surface area contributed by atoms with Crippen LogP contribution in [-0.4, -0.2) is 55.6 Å². The Morgan fingerprint density at radius 2 is 1.62 bits per heavy atom. The van der Waals surface area contributed by atoms with Gasteiger partial charge in [0.05, 0.1) is 0 Å². The van der Waals surface area contributed by atoms with E-state index in [4.69, 9.17) is 0 Å². The Balaban J connectivity index is 1.27. The average molecular weight is 526 g/mol. The van der Waals surface area contributed by atoms with Crippen molar-refractivity contribution in [3.8, 4) is 0 Å². The Morgan fingerprint density at radius 1 is 0.919 bits per heavy atom. The third-order valence-corrected chi connectivity index (χ3v) is 10.4. The highest BCUT2D eigenvalue weighted by atomic mass is 32.2. The minimum atomic E-state index is -3.62. The predicted molar refractivity (Wildman–Crippen MR) is 144 cm³/mol. The Morgan fingerprint density at radius 3 is 2.30 bits per heavy atom. The number of allylic oxidation sites excluding steroid dienone is 2. The molecule has 198 valence electrons. The van der Waals surface area contributed by atoms with Gasteiger partial charge >= 0.3 is 0 Å². The van der Waals surface area contributed by atoms with E-state index in [1.165, 1.54) is 10.4 Å². The molecule has 2 saturated heterocycles. The van der Waals surface area contributed by atoms with Crippen molar-refractivity contribution < 1.29 is 17.6 Å². The van der Waals surface area contributed by atoms with Gasteiger partial charge in [-0.1, -0.05) is 43.3 Å². The molecule has 2 aliphatic heterocycles. The minimum absolute atomic E-state index is 0.0348. The second-order valence-electron chi connectivity index (χ2n) is 10.8. The largest absolute Gasteiger partial charge is 0.371 e. The smallest absolute Gasteiger partial charge is 0.221 e. The van der Waals surface area contributed by atoms with E-state index >= 15 is 4.39 Å². The molecule has 0 spiro atoms. The van der Waals surface area contributed by atoms with E-state index in [2.05, 4.69) is 16.7 Å². The van der Waals surface area contributed by atoms with Crippen molar-refractivity contribution >= 4 is 21.5 Å². The fraction of sp³-hybridized carbons (Fsp3) is 0.483. The molecule has 0 N–H and O–H groups in total. The number of halogens is 1. The van der Waals surface area contributed by atoms with Crippen molar-refractivity contribution in [3.63, 3.8) is 0 Å². The molecule has 2 fully saturated rings. The van der Waals surface area contributed by atoms with Crippen molar-refractivity contribution in [2.24, 2.45) is 5.92 Å². The van der Waals surface area contributed by atoms with Gasteiger partial charge in [-0.25, -0.2) is 12.8 Å². The summed E-state index contributed by atoms with van der Waals surface area (Å²) in [6.45, 7) is 7.13. The Bertz CT molecular complexity index is 1270. The topological polar surface area (TPSA) is 60.9 Å². The molecule has 3 atom stereocenters. The number of anilines is 1. The summed E-state index contributed by atoms with van der Waals surface area (Å²) in [5.41, 5.74) is 3.11. The maximum absolute atomic E-state index is 15.3. The molecule has 2 aromatic rings. The summed E-state index contributed by atoms with van der Waals surface area (Å²) in [5, 5.41) is -0.596. The average Bonchev–Trinajstić information content (AvgIpc) is 2.87. The van der Waals surface area contributed by atoms with E-state index in [1.54, 1.807) is 12.1 Å². The lowest BCUT2D eigenvalue weighted by atomic mass is 9.92. The molecule has 2 aromatic carbocycles. The first-order chi connectivity index (χ1) is 17.7. The molecule has 3 aliphatic rings. The second kappa shape index (κ2) is 10.6. The van der Waals surface area contributed by atoms with Crippen molar-refractivity contribution in [3.05, 3.63) is 77.2 Å². The highest BCUT2D eigenvalue weighted by Crippen LogP contribution is 2.38. The zero-order valence-electron chi connectivity index (χ0n) is 21.6. The van der Waals surface area contributed by atoms with Crippen LogP contribution in [0.5, 0.6) is 0 Å². The number of nitrogens with zero attached hydrogens (tertiary/aromatic N) is 3. The molecule has 0 saturated carbocycles. The normalized spacial score (nSPS) is 26.7. The van der Waals surface area contributed by atoms with Crippen LogP contribution < -0.4 is 4.90 Å². The van der Waals surface area contributed by atoms with E-state index in [9.17, 15) is 13.2 Å². The third-order valence-electron chi connectivity index (χ3n) is 8.04. The Kier molecular flexibility index (Phi) is 7.41. The molecule has 2 heterocycles. The molecule has 1 aliphatic carbocycles. The highest BCUT2D eigenvalue weighted by molar-refractivity contribution is 7.89. The highest BCUT2D eigenvalue weighted by Gasteiger charge is 2.40. The molecule has 0 aromatic heterocycles. The Hall–Kier alpha value is -2.71. The lowest BCUT2D eigenvalue weighted by molar-refractivity contribution is -0.116. The van der Waals surface area contributed by atoms with E-state index in [0.717, 1.165) is 56.0 Å². The third kappa shape index (κ3) is 5.46. The summed E-state index contributed by atoms with van der Waals surface area (Å²) in [6, 6.07) is 14.3. The molecule has 37 heavy (non-hydrogen) atoms. The van der Waals surface area contributed by atoms with Crippen LogP contribution in [0.2, 0.25) is 0 Å². The monoisotopic (exact) mass is 525 g/mol. The summed E-state index contributed by atoms with van der Waals surface area (Å²) < 4.78 is 43.8. The van der Waals surface area contributed by atoms with E-state index in [1.807, 2.05) is 43.3 Å². The number of sulfonamides is 1. The zero-order valence-corrected chi connectivity index (χ0v) is 22.5. The van der Waals surface area contributed by atoms with Gasteiger partial charge in [-0.3, -0.25) is 4.79 Å². The summed E-state index contributed by atoms with van der Waals surface area (Å²) in [5.74, 6) is 0.203. The zero-order chi connectivity index (χ0) is 26.2. The van der Waals surface area contributed by atoms with E-state index in [-0.39, 0.29) is 24.2 Å². The Labute approximate surface area is 219 Å². The van der Waals surface area contributed by atoms with Crippen molar-refractivity contribution in [1.82, 2.24) is 9.21 Å².